The van der Waals surface area contributed by atoms with Crippen molar-refractivity contribution in [2.24, 2.45) is 29.6 Å². The van der Waals surface area contributed by atoms with Crippen molar-refractivity contribution < 1.29 is 0 Å². The lowest BCUT2D eigenvalue weighted by molar-refractivity contribution is 0.101. The molecule has 15 heavy (non-hydrogen) atoms. The molecule has 1 rings (SSSR count). The molecule has 0 aromatic heterocycles. The van der Waals surface area contributed by atoms with E-state index in [1.807, 2.05) is 0 Å². The summed E-state index contributed by atoms with van der Waals surface area (Å²) in [4.78, 5) is 0. The smallest absolute Gasteiger partial charge is 0.0624 e. The van der Waals surface area contributed by atoms with Gasteiger partial charge in [0.2, 0.25) is 0 Å². The molecule has 0 heterocycles. The van der Waals surface area contributed by atoms with E-state index < -0.39 is 0 Å². The molecule has 0 aromatic carbocycles. The average Bonchev–Trinajstić information content (AvgIpc) is 2.17. The quantitative estimate of drug-likeness (QED) is 0.679. The highest BCUT2D eigenvalue weighted by Crippen LogP contribution is 2.42. The normalized spacial score (nSPS) is 31.9. The summed E-state index contributed by atoms with van der Waals surface area (Å²) in [5.74, 6) is 3.99. The summed E-state index contributed by atoms with van der Waals surface area (Å²) in [6, 6.07) is 2.34. The van der Waals surface area contributed by atoms with Crippen molar-refractivity contribution >= 4 is 0 Å². The molecule has 1 fully saturated rings. The second kappa shape index (κ2) is 5.54. The molecular weight excluding hydrogens is 182 g/mol. The lowest BCUT2D eigenvalue weighted by atomic mass is 9.65. The fraction of sp³-hybridized carbons (Fsp3) is 0.929. The Labute approximate surface area is 94.9 Å². The fourth-order valence-electron chi connectivity index (χ4n) is 3.23. The fourth-order valence-corrected chi connectivity index (χ4v) is 3.23. The van der Waals surface area contributed by atoms with Gasteiger partial charge in [0, 0.05) is 6.42 Å². The molecule has 0 bridgehead atoms. The maximum atomic E-state index is 8.77. The van der Waals surface area contributed by atoms with Gasteiger partial charge in [0.05, 0.1) is 6.07 Å². The Morgan fingerprint density at radius 1 is 1.07 bits per heavy atom. The predicted octanol–water partition coefficient (Wildman–Crippen LogP) is 4.24. The van der Waals surface area contributed by atoms with Gasteiger partial charge in [-0.15, -0.1) is 0 Å². The first-order valence-corrected chi connectivity index (χ1v) is 6.43. The van der Waals surface area contributed by atoms with Crippen LogP contribution in [0.15, 0.2) is 0 Å². The van der Waals surface area contributed by atoms with Crippen molar-refractivity contribution in [3.8, 4) is 6.07 Å². The van der Waals surface area contributed by atoms with E-state index in [0.717, 1.165) is 30.1 Å². The molecule has 1 heteroatoms. The molecular formula is C14H25N. The van der Waals surface area contributed by atoms with Gasteiger partial charge in [-0.3, -0.25) is 0 Å². The summed E-state index contributed by atoms with van der Waals surface area (Å²) in [5.41, 5.74) is 0. The number of hydrogen-bond acceptors (Lipinski definition) is 1. The van der Waals surface area contributed by atoms with Crippen molar-refractivity contribution in [2.75, 3.05) is 0 Å². The minimum absolute atomic E-state index is 0.678. The first-order chi connectivity index (χ1) is 7.06. The molecule has 3 unspecified atom stereocenters. The zero-order valence-electron chi connectivity index (χ0n) is 10.7. The monoisotopic (exact) mass is 207 g/mol. The van der Waals surface area contributed by atoms with Crippen molar-refractivity contribution in [2.45, 2.75) is 53.4 Å². The van der Waals surface area contributed by atoms with Crippen molar-refractivity contribution in [1.29, 1.82) is 5.26 Å². The SMILES string of the molecule is CC(C)C1CCC(CC#N)CC1C(C)C. The van der Waals surface area contributed by atoms with Gasteiger partial charge in [-0.1, -0.05) is 27.7 Å². The van der Waals surface area contributed by atoms with Crippen LogP contribution in [0.25, 0.3) is 0 Å². The van der Waals surface area contributed by atoms with Gasteiger partial charge in [0.15, 0.2) is 0 Å². The third kappa shape index (κ3) is 3.23. The molecule has 1 nitrogen and oxygen atoms in total. The molecule has 0 saturated heterocycles. The molecule has 86 valence electrons. The van der Waals surface area contributed by atoms with E-state index in [0.29, 0.717) is 5.92 Å². The van der Waals surface area contributed by atoms with Crippen LogP contribution in [0.3, 0.4) is 0 Å². The van der Waals surface area contributed by atoms with Crippen LogP contribution in [0.1, 0.15) is 53.4 Å². The number of nitriles is 1. The standard InChI is InChI=1S/C14H25N/c1-10(2)13-6-5-12(7-8-15)9-14(13)11(3)4/h10-14H,5-7,9H2,1-4H3. The van der Waals surface area contributed by atoms with E-state index in [1.165, 1.54) is 19.3 Å². The van der Waals surface area contributed by atoms with Crippen LogP contribution < -0.4 is 0 Å². The summed E-state index contributed by atoms with van der Waals surface area (Å²) in [6.07, 6.45) is 4.68. The third-order valence-corrected chi connectivity index (χ3v) is 4.16. The van der Waals surface area contributed by atoms with E-state index in [1.54, 1.807) is 0 Å². The summed E-state index contributed by atoms with van der Waals surface area (Å²) < 4.78 is 0. The molecule has 0 aliphatic heterocycles. The molecule has 0 radical (unpaired) electrons. The zero-order valence-corrected chi connectivity index (χ0v) is 10.7. The Bertz CT molecular complexity index is 224. The molecule has 1 aliphatic rings. The average molecular weight is 207 g/mol. The van der Waals surface area contributed by atoms with Crippen LogP contribution in [-0.2, 0) is 0 Å². The van der Waals surface area contributed by atoms with Crippen LogP contribution in [0.5, 0.6) is 0 Å². The summed E-state index contributed by atoms with van der Waals surface area (Å²) in [6.45, 7) is 9.39. The van der Waals surface area contributed by atoms with Crippen LogP contribution in [0.4, 0.5) is 0 Å². The van der Waals surface area contributed by atoms with E-state index in [2.05, 4.69) is 33.8 Å². The third-order valence-electron chi connectivity index (χ3n) is 4.16. The zero-order chi connectivity index (χ0) is 11.4. The minimum atomic E-state index is 0.678. The first-order valence-electron chi connectivity index (χ1n) is 6.43. The number of nitrogens with zero attached hydrogens (tertiary/aromatic N) is 1. The molecule has 3 atom stereocenters. The highest BCUT2D eigenvalue weighted by molar-refractivity contribution is 4.87. The summed E-state index contributed by atoms with van der Waals surface area (Å²) in [5, 5.41) is 8.77. The van der Waals surface area contributed by atoms with Gasteiger partial charge in [-0.25, -0.2) is 0 Å². The number of hydrogen-bond donors (Lipinski definition) is 0. The Hall–Kier alpha value is -0.510. The largest absolute Gasteiger partial charge is 0.198 e. The van der Waals surface area contributed by atoms with E-state index in [4.69, 9.17) is 5.26 Å². The van der Waals surface area contributed by atoms with Crippen LogP contribution >= 0.6 is 0 Å². The second-order valence-electron chi connectivity index (χ2n) is 5.86. The van der Waals surface area contributed by atoms with Gasteiger partial charge in [0.1, 0.15) is 0 Å². The Kier molecular flexibility index (Phi) is 4.64. The van der Waals surface area contributed by atoms with Gasteiger partial charge >= 0.3 is 0 Å². The molecule has 0 amide bonds. The Morgan fingerprint density at radius 3 is 2.13 bits per heavy atom. The molecule has 0 aromatic rings. The van der Waals surface area contributed by atoms with Gasteiger partial charge in [-0.2, -0.15) is 5.26 Å². The summed E-state index contributed by atoms with van der Waals surface area (Å²) >= 11 is 0. The topological polar surface area (TPSA) is 23.8 Å². The predicted molar refractivity (Wildman–Crippen MR) is 64.2 cm³/mol. The highest BCUT2D eigenvalue weighted by atomic mass is 14.4. The maximum Gasteiger partial charge on any atom is 0.0624 e. The first kappa shape index (κ1) is 12.6. The van der Waals surface area contributed by atoms with E-state index in [-0.39, 0.29) is 0 Å². The lowest BCUT2D eigenvalue weighted by Gasteiger charge is -2.40. The minimum Gasteiger partial charge on any atom is -0.198 e. The van der Waals surface area contributed by atoms with Crippen LogP contribution in [0, 0.1) is 40.9 Å². The van der Waals surface area contributed by atoms with E-state index >= 15 is 0 Å². The van der Waals surface area contributed by atoms with Gasteiger partial charge in [0.25, 0.3) is 0 Å². The molecule has 0 spiro atoms. The Balaban J connectivity index is 2.62. The molecule has 1 saturated carbocycles. The maximum absolute atomic E-state index is 8.77. The van der Waals surface area contributed by atoms with Crippen LogP contribution in [-0.4, -0.2) is 0 Å². The van der Waals surface area contributed by atoms with Gasteiger partial charge in [-0.05, 0) is 48.9 Å². The lowest BCUT2D eigenvalue weighted by Crippen LogP contribution is -2.31. The number of rotatable bonds is 3. The van der Waals surface area contributed by atoms with Crippen molar-refractivity contribution in [1.82, 2.24) is 0 Å². The van der Waals surface area contributed by atoms with Gasteiger partial charge < -0.3 is 0 Å². The molecule has 1 aliphatic carbocycles. The molecule has 0 N–H and O–H groups in total. The highest BCUT2D eigenvalue weighted by Gasteiger charge is 2.33. The Morgan fingerprint density at radius 2 is 1.67 bits per heavy atom. The summed E-state index contributed by atoms with van der Waals surface area (Å²) in [7, 11) is 0. The van der Waals surface area contributed by atoms with Crippen LogP contribution in [0.2, 0.25) is 0 Å². The van der Waals surface area contributed by atoms with Crippen molar-refractivity contribution in [3.63, 3.8) is 0 Å². The van der Waals surface area contributed by atoms with Crippen molar-refractivity contribution in [3.05, 3.63) is 0 Å². The second-order valence-corrected chi connectivity index (χ2v) is 5.86. The van der Waals surface area contributed by atoms with E-state index in [9.17, 15) is 0 Å².